The summed E-state index contributed by atoms with van der Waals surface area (Å²) in [5.41, 5.74) is 9.16. The van der Waals surface area contributed by atoms with E-state index in [-0.39, 0.29) is 24.4 Å². The number of hydrogen-bond donors (Lipinski definition) is 3. The Labute approximate surface area is 194 Å². The monoisotopic (exact) mass is 451 g/mol. The number of fused-ring (bicyclic) bond motifs is 1. The molecule has 5 rings (SSSR count). The van der Waals surface area contributed by atoms with Crippen molar-refractivity contribution in [2.75, 3.05) is 60.6 Å². The first-order valence-electron chi connectivity index (χ1n) is 12.0. The van der Waals surface area contributed by atoms with Crippen LogP contribution in [0, 0.1) is 0 Å². The molecule has 3 aliphatic heterocycles. The highest BCUT2D eigenvalue weighted by Crippen LogP contribution is 2.33. The van der Waals surface area contributed by atoms with Crippen molar-refractivity contribution in [3.05, 3.63) is 35.4 Å². The fourth-order valence-electron chi connectivity index (χ4n) is 4.86. The molecule has 1 atom stereocenters. The Bertz CT molecular complexity index is 987. The zero-order valence-corrected chi connectivity index (χ0v) is 19.1. The minimum atomic E-state index is -0.108. The molecule has 1 aromatic heterocycles. The average Bonchev–Trinajstić information content (AvgIpc) is 3.52. The van der Waals surface area contributed by atoms with Crippen LogP contribution in [0.3, 0.4) is 0 Å². The van der Waals surface area contributed by atoms with E-state index in [0.717, 1.165) is 38.0 Å². The van der Waals surface area contributed by atoms with Gasteiger partial charge >= 0.3 is 0 Å². The minimum Gasteiger partial charge on any atom is -0.382 e. The third-order valence-electron chi connectivity index (χ3n) is 6.61. The Hall–Kier alpha value is -2.91. The molecular formula is C24H33N7O2. The minimum absolute atomic E-state index is 0.108. The fraction of sp³-hybridized carbons (Fsp3) is 0.542. The van der Waals surface area contributed by atoms with E-state index in [4.69, 9.17) is 15.5 Å². The smallest absolute Gasteiger partial charge is 0.244 e. The average molecular weight is 452 g/mol. The summed E-state index contributed by atoms with van der Waals surface area (Å²) in [5.74, 6) is 1.27. The molecule has 2 aromatic rings. The summed E-state index contributed by atoms with van der Waals surface area (Å²) in [7, 11) is 0. The molecule has 1 aromatic carbocycles. The Morgan fingerprint density at radius 2 is 2.03 bits per heavy atom. The van der Waals surface area contributed by atoms with Crippen LogP contribution < -0.4 is 21.3 Å². The summed E-state index contributed by atoms with van der Waals surface area (Å²) in [6, 6.07) is 8.63. The maximum absolute atomic E-state index is 12.4. The van der Waals surface area contributed by atoms with Crippen LogP contribution in [0.25, 0.3) is 0 Å². The Kier molecular flexibility index (Phi) is 6.59. The number of ether oxygens (including phenoxy) is 1. The largest absolute Gasteiger partial charge is 0.382 e. The van der Waals surface area contributed by atoms with Gasteiger partial charge in [0.25, 0.3) is 0 Å². The van der Waals surface area contributed by atoms with Crippen molar-refractivity contribution < 1.29 is 9.53 Å². The Balaban J connectivity index is 1.30. The summed E-state index contributed by atoms with van der Waals surface area (Å²) < 4.78 is 5.68. The second-order valence-corrected chi connectivity index (χ2v) is 9.17. The Morgan fingerprint density at radius 3 is 2.85 bits per heavy atom. The van der Waals surface area contributed by atoms with Gasteiger partial charge in [-0.25, -0.2) is 0 Å². The first-order valence-corrected chi connectivity index (χ1v) is 12.0. The number of nitrogens with zero attached hydrogens (tertiary/aromatic N) is 4. The van der Waals surface area contributed by atoms with E-state index in [9.17, 15) is 4.79 Å². The number of carbonyl (C=O) groups is 1. The van der Waals surface area contributed by atoms with Crippen molar-refractivity contribution >= 4 is 29.2 Å². The van der Waals surface area contributed by atoms with E-state index in [0.29, 0.717) is 30.5 Å². The summed E-state index contributed by atoms with van der Waals surface area (Å²) in [6.45, 7) is 5.78. The molecule has 0 saturated carbocycles. The lowest BCUT2D eigenvalue weighted by atomic mass is 10.1. The normalized spacial score (nSPS) is 20.7. The zero-order valence-electron chi connectivity index (χ0n) is 19.1. The first-order chi connectivity index (χ1) is 16.1. The van der Waals surface area contributed by atoms with Crippen molar-refractivity contribution in [1.29, 1.82) is 0 Å². The van der Waals surface area contributed by atoms with E-state index in [1.54, 1.807) is 0 Å². The molecule has 1 unspecified atom stereocenters. The molecule has 3 aliphatic rings. The molecule has 2 fully saturated rings. The SMILES string of the molecule is Nc1nc(NCC2CCCO2)nc2c1NC(=O)CN2Cc1cccc(CCN2CCCC2)c1. The van der Waals surface area contributed by atoms with E-state index in [2.05, 4.69) is 44.8 Å². The molecular weight excluding hydrogens is 418 g/mol. The van der Waals surface area contributed by atoms with Crippen LogP contribution in [0.15, 0.2) is 24.3 Å². The van der Waals surface area contributed by atoms with Crippen molar-refractivity contribution in [2.24, 2.45) is 0 Å². The second kappa shape index (κ2) is 9.93. The third kappa shape index (κ3) is 5.36. The molecule has 9 nitrogen and oxygen atoms in total. The van der Waals surface area contributed by atoms with Gasteiger partial charge in [-0.05, 0) is 56.3 Å². The van der Waals surface area contributed by atoms with Crippen LogP contribution in [0.2, 0.25) is 0 Å². The number of rotatable bonds is 8. The number of hydrogen-bond acceptors (Lipinski definition) is 8. The van der Waals surface area contributed by atoms with E-state index in [1.165, 1.54) is 31.5 Å². The number of amides is 1. The summed E-state index contributed by atoms with van der Waals surface area (Å²) in [5, 5.41) is 6.10. The molecule has 4 N–H and O–H groups in total. The number of benzene rings is 1. The number of aromatic nitrogens is 2. The van der Waals surface area contributed by atoms with Crippen LogP contribution in [-0.2, 0) is 22.5 Å². The van der Waals surface area contributed by atoms with Crippen LogP contribution in [0.4, 0.5) is 23.3 Å². The van der Waals surface area contributed by atoms with Gasteiger partial charge in [0.2, 0.25) is 11.9 Å². The van der Waals surface area contributed by atoms with E-state index in [1.807, 2.05) is 4.90 Å². The van der Waals surface area contributed by atoms with Crippen LogP contribution in [0.5, 0.6) is 0 Å². The highest BCUT2D eigenvalue weighted by molar-refractivity contribution is 6.03. The van der Waals surface area contributed by atoms with Crippen molar-refractivity contribution in [2.45, 2.75) is 44.8 Å². The van der Waals surface area contributed by atoms with Gasteiger partial charge in [0.1, 0.15) is 5.69 Å². The van der Waals surface area contributed by atoms with E-state index < -0.39 is 0 Å². The third-order valence-corrected chi connectivity index (χ3v) is 6.61. The van der Waals surface area contributed by atoms with Gasteiger partial charge in [-0.2, -0.15) is 9.97 Å². The summed E-state index contributed by atoms with van der Waals surface area (Å²) in [4.78, 5) is 25.9. The first kappa shape index (κ1) is 21.9. The topological polar surface area (TPSA) is 109 Å². The van der Waals surface area contributed by atoms with E-state index >= 15 is 0 Å². The van der Waals surface area contributed by atoms with Gasteiger partial charge in [0.15, 0.2) is 11.6 Å². The number of likely N-dealkylation sites (tertiary alicyclic amines) is 1. The predicted octanol–water partition coefficient (Wildman–Crippen LogP) is 2.25. The number of nitrogen functional groups attached to an aromatic ring is 1. The highest BCUT2D eigenvalue weighted by atomic mass is 16.5. The lowest BCUT2D eigenvalue weighted by molar-refractivity contribution is -0.115. The second-order valence-electron chi connectivity index (χ2n) is 9.17. The predicted molar refractivity (Wildman–Crippen MR) is 129 cm³/mol. The molecule has 1 amide bonds. The van der Waals surface area contributed by atoms with Crippen LogP contribution in [-0.4, -0.2) is 66.2 Å². The number of anilines is 4. The van der Waals surface area contributed by atoms with Crippen LogP contribution >= 0.6 is 0 Å². The molecule has 9 heteroatoms. The number of carbonyl (C=O) groups excluding carboxylic acids is 1. The van der Waals surface area contributed by atoms with Crippen molar-refractivity contribution in [3.63, 3.8) is 0 Å². The molecule has 4 heterocycles. The number of nitrogens with two attached hydrogens (primary N) is 1. The van der Waals surface area contributed by atoms with Gasteiger partial charge in [0.05, 0.1) is 12.6 Å². The fourth-order valence-corrected chi connectivity index (χ4v) is 4.86. The Morgan fingerprint density at radius 1 is 1.18 bits per heavy atom. The standard InChI is InChI=1S/C24H33N7O2/c25-22-21-23(29-24(28-22)26-14-19-7-4-12-33-19)31(16-20(32)27-21)15-18-6-3-5-17(13-18)8-11-30-9-1-2-10-30/h3,5-6,13,19H,1-2,4,7-12,14-16H2,(H,27,32)(H3,25,26,28,29). The maximum Gasteiger partial charge on any atom is 0.244 e. The molecule has 0 radical (unpaired) electrons. The molecule has 0 aliphatic carbocycles. The van der Waals surface area contributed by atoms with Crippen LogP contribution in [0.1, 0.15) is 36.8 Å². The molecule has 176 valence electrons. The van der Waals surface area contributed by atoms with Gasteiger partial charge < -0.3 is 30.9 Å². The quantitative estimate of drug-likeness (QED) is 0.561. The summed E-state index contributed by atoms with van der Waals surface area (Å²) >= 11 is 0. The van der Waals surface area contributed by atoms with Crippen molar-refractivity contribution in [3.8, 4) is 0 Å². The molecule has 0 bridgehead atoms. The lowest BCUT2D eigenvalue weighted by Crippen LogP contribution is -2.39. The van der Waals surface area contributed by atoms with Gasteiger partial charge in [-0.1, -0.05) is 24.3 Å². The van der Waals surface area contributed by atoms with Gasteiger partial charge in [0, 0.05) is 26.2 Å². The zero-order chi connectivity index (χ0) is 22.6. The van der Waals surface area contributed by atoms with Gasteiger partial charge in [-0.15, -0.1) is 0 Å². The molecule has 2 saturated heterocycles. The highest BCUT2D eigenvalue weighted by Gasteiger charge is 2.27. The molecule has 0 spiro atoms. The van der Waals surface area contributed by atoms with Gasteiger partial charge in [-0.3, -0.25) is 4.79 Å². The lowest BCUT2D eigenvalue weighted by Gasteiger charge is -2.30. The number of nitrogens with one attached hydrogen (secondary N) is 2. The molecule has 33 heavy (non-hydrogen) atoms. The van der Waals surface area contributed by atoms with Crippen molar-refractivity contribution in [1.82, 2.24) is 14.9 Å². The summed E-state index contributed by atoms with van der Waals surface area (Å²) in [6.07, 6.45) is 5.94. The maximum atomic E-state index is 12.4.